The van der Waals surface area contributed by atoms with E-state index in [2.05, 4.69) is 57.1 Å². The molecular formula is C18H25N. The molecule has 0 saturated heterocycles. The van der Waals surface area contributed by atoms with Gasteiger partial charge in [0.05, 0.1) is 0 Å². The summed E-state index contributed by atoms with van der Waals surface area (Å²) in [5, 5.41) is 3.14. The summed E-state index contributed by atoms with van der Waals surface area (Å²) in [6.07, 6.45) is 5.31. The van der Waals surface area contributed by atoms with E-state index in [0.717, 1.165) is 12.0 Å². The van der Waals surface area contributed by atoms with Crippen molar-refractivity contribution in [2.45, 2.75) is 27.2 Å². The number of hydrogen-bond acceptors (Lipinski definition) is 1. The molecular weight excluding hydrogens is 230 g/mol. The highest BCUT2D eigenvalue weighted by Gasteiger charge is 2.08. The van der Waals surface area contributed by atoms with Gasteiger partial charge in [0.2, 0.25) is 0 Å². The van der Waals surface area contributed by atoms with E-state index in [4.69, 9.17) is 0 Å². The van der Waals surface area contributed by atoms with E-state index in [-0.39, 0.29) is 0 Å². The Hall–Kier alpha value is -1.76. The molecule has 1 rings (SSSR count). The third-order valence-corrected chi connectivity index (χ3v) is 3.17. The molecule has 1 nitrogen and oxygen atoms in total. The summed E-state index contributed by atoms with van der Waals surface area (Å²) in [4.78, 5) is 0. The second kappa shape index (κ2) is 7.63. The van der Waals surface area contributed by atoms with Crippen molar-refractivity contribution in [3.63, 3.8) is 0 Å². The summed E-state index contributed by atoms with van der Waals surface area (Å²) in [6.45, 7) is 10.8. The molecule has 1 N–H and O–H groups in total. The van der Waals surface area contributed by atoms with Crippen LogP contribution in [0.1, 0.15) is 32.8 Å². The Balaban J connectivity index is 3.05. The molecule has 0 aliphatic carbocycles. The minimum Gasteiger partial charge on any atom is -0.394 e. The van der Waals surface area contributed by atoms with Crippen molar-refractivity contribution in [1.29, 1.82) is 0 Å². The van der Waals surface area contributed by atoms with E-state index in [9.17, 15) is 0 Å². The van der Waals surface area contributed by atoms with Crippen molar-refractivity contribution < 1.29 is 0 Å². The number of nitrogens with one attached hydrogen (secondary N) is 1. The van der Waals surface area contributed by atoms with Crippen LogP contribution in [0.3, 0.4) is 0 Å². The van der Waals surface area contributed by atoms with Crippen LogP contribution >= 0.6 is 0 Å². The van der Waals surface area contributed by atoms with Crippen LogP contribution in [-0.2, 0) is 0 Å². The highest BCUT2D eigenvalue weighted by atomic mass is 14.8. The first-order chi connectivity index (χ1) is 9.10. The number of rotatable bonds is 6. The van der Waals surface area contributed by atoms with Crippen molar-refractivity contribution in [1.82, 2.24) is 5.32 Å². The van der Waals surface area contributed by atoms with Crippen LogP contribution < -0.4 is 5.32 Å². The molecule has 0 amide bonds. The highest BCUT2D eigenvalue weighted by molar-refractivity contribution is 5.73. The summed E-state index contributed by atoms with van der Waals surface area (Å²) in [5.74, 6) is 0.502. The van der Waals surface area contributed by atoms with Crippen molar-refractivity contribution in [3.8, 4) is 0 Å². The molecule has 0 aromatic heterocycles. The lowest BCUT2D eigenvalue weighted by Crippen LogP contribution is -2.04. The lowest BCUT2D eigenvalue weighted by atomic mass is 9.91. The van der Waals surface area contributed by atoms with E-state index in [0.29, 0.717) is 5.92 Å². The van der Waals surface area contributed by atoms with Gasteiger partial charge in [0.1, 0.15) is 0 Å². The van der Waals surface area contributed by atoms with Crippen molar-refractivity contribution >= 4 is 5.57 Å². The zero-order valence-electron chi connectivity index (χ0n) is 12.5. The molecule has 0 saturated carbocycles. The predicted octanol–water partition coefficient (Wildman–Crippen LogP) is 4.80. The topological polar surface area (TPSA) is 12.0 Å². The van der Waals surface area contributed by atoms with Gasteiger partial charge >= 0.3 is 0 Å². The zero-order valence-corrected chi connectivity index (χ0v) is 12.5. The Morgan fingerprint density at radius 2 is 1.89 bits per heavy atom. The van der Waals surface area contributed by atoms with E-state index in [1.807, 2.05) is 25.2 Å². The molecule has 0 unspecified atom stereocenters. The Morgan fingerprint density at radius 3 is 2.37 bits per heavy atom. The Labute approximate surface area is 117 Å². The Morgan fingerprint density at radius 1 is 1.26 bits per heavy atom. The van der Waals surface area contributed by atoms with Crippen LogP contribution in [0.2, 0.25) is 0 Å². The predicted molar refractivity (Wildman–Crippen MR) is 85.8 cm³/mol. The standard InChI is InChI=1S/C18H25N/c1-6-16(18(13-19-5)14(2)3)12-15(4)17-10-8-7-9-11-17/h7-14,19H,4,6H2,1-3,5H3/b16-12-,18-13-. The van der Waals surface area contributed by atoms with Gasteiger partial charge < -0.3 is 5.32 Å². The summed E-state index contributed by atoms with van der Waals surface area (Å²) in [6, 6.07) is 10.3. The number of allylic oxidation sites excluding steroid dienone is 4. The fraction of sp³-hybridized carbons (Fsp3) is 0.333. The van der Waals surface area contributed by atoms with Crippen LogP contribution in [-0.4, -0.2) is 7.05 Å². The van der Waals surface area contributed by atoms with Gasteiger partial charge in [-0.1, -0.05) is 63.8 Å². The smallest absolute Gasteiger partial charge is 0.00278 e. The van der Waals surface area contributed by atoms with E-state index < -0.39 is 0 Å². The molecule has 0 radical (unpaired) electrons. The van der Waals surface area contributed by atoms with Crippen LogP contribution in [0.4, 0.5) is 0 Å². The molecule has 1 heteroatoms. The van der Waals surface area contributed by atoms with Crippen LogP contribution in [0, 0.1) is 5.92 Å². The summed E-state index contributed by atoms with van der Waals surface area (Å²) < 4.78 is 0. The average Bonchev–Trinajstić information content (AvgIpc) is 2.43. The average molecular weight is 255 g/mol. The summed E-state index contributed by atoms with van der Waals surface area (Å²) >= 11 is 0. The molecule has 0 fully saturated rings. The van der Waals surface area contributed by atoms with Crippen molar-refractivity contribution in [3.05, 3.63) is 65.9 Å². The van der Waals surface area contributed by atoms with Gasteiger partial charge in [0.15, 0.2) is 0 Å². The molecule has 0 bridgehead atoms. The molecule has 19 heavy (non-hydrogen) atoms. The van der Waals surface area contributed by atoms with Gasteiger partial charge in [-0.2, -0.15) is 0 Å². The first kappa shape index (κ1) is 15.3. The lowest BCUT2D eigenvalue weighted by molar-refractivity contribution is 0.756. The largest absolute Gasteiger partial charge is 0.394 e. The van der Waals surface area contributed by atoms with Gasteiger partial charge in [-0.25, -0.2) is 0 Å². The quantitative estimate of drug-likeness (QED) is 0.720. The second-order valence-electron chi connectivity index (χ2n) is 4.96. The maximum Gasteiger partial charge on any atom is 0.00278 e. The maximum atomic E-state index is 4.19. The van der Waals surface area contributed by atoms with Gasteiger partial charge in [0.25, 0.3) is 0 Å². The van der Waals surface area contributed by atoms with Crippen molar-refractivity contribution in [2.75, 3.05) is 7.05 Å². The molecule has 1 aromatic rings. The molecule has 0 atom stereocenters. The molecule has 0 aliphatic heterocycles. The molecule has 102 valence electrons. The van der Waals surface area contributed by atoms with E-state index in [1.54, 1.807) is 0 Å². The van der Waals surface area contributed by atoms with Gasteiger partial charge in [0, 0.05) is 7.05 Å². The normalized spacial score (nSPS) is 12.7. The van der Waals surface area contributed by atoms with Crippen LogP contribution in [0.5, 0.6) is 0 Å². The fourth-order valence-electron chi connectivity index (χ4n) is 2.12. The fourth-order valence-corrected chi connectivity index (χ4v) is 2.12. The monoisotopic (exact) mass is 255 g/mol. The number of benzene rings is 1. The lowest BCUT2D eigenvalue weighted by Gasteiger charge is -2.15. The van der Waals surface area contributed by atoms with E-state index >= 15 is 0 Å². The zero-order chi connectivity index (χ0) is 14.3. The second-order valence-corrected chi connectivity index (χ2v) is 4.96. The third-order valence-electron chi connectivity index (χ3n) is 3.17. The highest BCUT2D eigenvalue weighted by Crippen LogP contribution is 2.25. The summed E-state index contributed by atoms with van der Waals surface area (Å²) in [7, 11) is 1.95. The molecule has 0 aliphatic rings. The first-order valence-corrected chi connectivity index (χ1v) is 6.92. The minimum atomic E-state index is 0.502. The van der Waals surface area contributed by atoms with Gasteiger partial charge in [-0.3, -0.25) is 0 Å². The molecule has 1 aromatic carbocycles. The van der Waals surface area contributed by atoms with Gasteiger partial charge in [-0.05, 0) is 40.8 Å². The molecule has 0 heterocycles. The minimum absolute atomic E-state index is 0.502. The number of hydrogen-bond donors (Lipinski definition) is 1. The van der Waals surface area contributed by atoms with Crippen molar-refractivity contribution in [2.24, 2.45) is 5.92 Å². The van der Waals surface area contributed by atoms with E-state index in [1.165, 1.54) is 16.7 Å². The van der Waals surface area contributed by atoms with Crippen LogP contribution in [0.25, 0.3) is 5.57 Å². The maximum absolute atomic E-state index is 4.19. The summed E-state index contributed by atoms with van der Waals surface area (Å²) in [5.41, 5.74) is 4.95. The Kier molecular flexibility index (Phi) is 6.14. The van der Waals surface area contributed by atoms with Gasteiger partial charge in [-0.15, -0.1) is 0 Å². The SMILES string of the molecule is C=C(/C=C(CC)\C(=C/NC)C(C)C)c1ccccc1. The first-order valence-electron chi connectivity index (χ1n) is 6.92. The molecule has 0 spiro atoms. The van der Waals surface area contributed by atoms with Crippen LogP contribution in [0.15, 0.2) is 60.3 Å². The Bertz CT molecular complexity index is 464. The third kappa shape index (κ3) is 4.44.